The first kappa shape index (κ1) is 14.6. The summed E-state index contributed by atoms with van der Waals surface area (Å²) in [6.07, 6.45) is 4.70. The summed E-state index contributed by atoms with van der Waals surface area (Å²) in [5.41, 5.74) is 1.81. The summed E-state index contributed by atoms with van der Waals surface area (Å²) in [5.74, 6) is 1.35. The quantitative estimate of drug-likeness (QED) is 0.907. The Labute approximate surface area is 117 Å². The number of hydrogen-bond acceptors (Lipinski definition) is 2. The molecule has 1 fully saturated rings. The Morgan fingerprint density at radius 2 is 2.11 bits per heavy atom. The van der Waals surface area contributed by atoms with Gasteiger partial charge in [0.1, 0.15) is 0 Å². The smallest absolute Gasteiger partial charge is 0.0705 e. The molecule has 108 valence electrons. The molecule has 0 saturated heterocycles. The van der Waals surface area contributed by atoms with Crippen molar-refractivity contribution in [3.63, 3.8) is 0 Å². The van der Waals surface area contributed by atoms with Crippen LogP contribution in [0.3, 0.4) is 0 Å². The minimum Gasteiger partial charge on any atom is -0.389 e. The second-order valence-electron chi connectivity index (χ2n) is 6.39. The van der Waals surface area contributed by atoms with Gasteiger partial charge in [-0.2, -0.15) is 5.10 Å². The van der Waals surface area contributed by atoms with Crippen LogP contribution in [0.25, 0.3) is 0 Å². The molecule has 19 heavy (non-hydrogen) atoms. The summed E-state index contributed by atoms with van der Waals surface area (Å²) in [6.45, 7) is 9.70. The molecule has 1 saturated carbocycles. The molecule has 0 bridgehead atoms. The van der Waals surface area contributed by atoms with Crippen LogP contribution < -0.4 is 0 Å². The maximum Gasteiger partial charge on any atom is 0.0705 e. The van der Waals surface area contributed by atoms with Gasteiger partial charge in [0.15, 0.2) is 0 Å². The molecule has 0 amide bonds. The molecule has 1 N–H and O–H groups in total. The Hall–Kier alpha value is -0.830. The minimum atomic E-state index is -0.524. The molecule has 1 aliphatic carbocycles. The molecule has 2 rings (SSSR count). The Kier molecular flexibility index (Phi) is 4.34. The third-order valence-electron chi connectivity index (χ3n) is 4.82. The third-order valence-corrected chi connectivity index (χ3v) is 4.82. The summed E-state index contributed by atoms with van der Waals surface area (Å²) in [4.78, 5) is 0. The largest absolute Gasteiger partial charge is 0.389 e. The SMILES string of the molecule is CCc1cc(CC2(O)CCC(C)C(C)C2)n(CC)n1. The molecule has 0 aromatic carbocycles. The normalized spacial score (nSPS) is 31.6. The van der Waals surface area contributed by atoms with Crippen molar-refractivity contribution >= 4 is 0 Å². The zero-order valence-electron chi connectivity index (χ0n) is 12.8. The molecule has 0 aliphatic heterocycles. The average Bonchev–Trinajstić information content (AvgIpc) is 2.76. The van der Waals surface area contributed by atoms with Gasteiger partial charge in [-0.1, -0.05) is 20.8 Å². The zero-order chi connectivity index (χ0) is 14.0. The van der Waals surface area contributed by atoms with E-state index in [4.69, 9.17) is 0 Å². The molecule has 3 unspecified atom stereocenters. The number of nitrogens with zero attached hydrogens (tertiary/aromatic N) is 2. The number of aromatic nitrogens is 2. The van der Waals surface area contributed by atoms with Crippen molar-refractivity contribution in [3.05, 3.63) is 17.5 Å². The fraction of sp³-hybridized carbons (Fsp3) is 0.812. The number of hydrogen-bond donors (Lipinski definition) is 1. The van der Waals surface area contributed by atoms with Crippen LogP contribution in [-0.2, 0) is 19.4 Å². The predicted octanol–water partition coefficient (Wildman–Crippen LogP) is 3.20. The van der Waals surface area contributed by atoms with Crippen molar-refractivity contribution in [2.75, 3.05) is 0 Å². The molecule has 3 heteroatoms. The molecule has 0 spiro atoms. The van der Waals surface area contributed by atoms with Crippen LogP contribution in [0.5, 0.6) is 0 Å². The maximum atomic E-state index is 10.9. The topological polar surface area (TPSA) is 38.0 Å². The van der Waals surface area contributed by atoms with Gasteiger partial charge in [0.2, 0.25) is 0 Å². The first-order valence-corrected chi connectivity index (χ1v) is 7.75. The van der Waals surface area contributed by atoms with Crippen LogP contribution in [0.4, 0.5) is 0 Å². The van der Waals surface area contributed by atoms with Crippen molar-refractivity contribution in [1.82, 2.24) is 9.78 Å². The predicted molar refractivity (Wildman–Crippen MR) is 78.1 cm³/mol. The lowest BCUT2D eigenvalue weighted by atomic mass is 9.71. The standard InChI is InChI=1S/C16H28N2O/c1-5-14-9-15(18(6-2)17-14)11-16(19)8-7-12(3)13(4)10-16/h9,12-13,19H,5-8,10-11H2,1-4H3. The number of aryl methyl sites for hydroxylation is 2. The van der Waals surface area contributed by atoms with Crippen molar-refractivity contribution in [2.24, 2.45) is 11.8 Å². The van der Waals surface area contributed by atoms with E-state index in [9.17, 15) is 5.11 Å². The monoisotopic (exact) mass is 264 g/mol. The van der Waals surface area contributed by atoms with Gasteiger partial charge >= 0.3 is 0 Å². The molecule has 0 radical (unpaired) electrons. The van der Waals surface area contributed by atoms with E-state index in [-0.39, 0.29) is 0 Å². The first-order chi connectivity index (χ1) is 8.97. The Morgan fingerprint density at radius 3 is 2.68 bits per heavy atom. The first-order valence-electron chi connectivity index (χ1n) is 7.75. The second-order valence-corrected chi connectivity index (χ2v) is 6.39. The summed E-state index contributed by atoms with van der Waals surface area (Å²) < 4.78 is 2.06. The fourth-order valence-corrected chi connectivity index (χ4v) is 3.28. The highest BCUT2D eigenvalue weighted by molar-refractivity contribution is 5.13. The fourth-order valence-electron chi connectivity index (χ4n) is 3.28. The zero-order valence-corrected chi connectivity index (χ0v) is 12.8. The van der Waals surface area contributed by atoms with E-state index in [1.165, 1.54) is 5.69 Å². The maximum absolute atomic E-state index is 10.9. The van der Waals surface area contributed by atoms with Crippen molar-refractivity contribution in [3.8, 4) is 0 Å². The van der Waals surface area contributed by atoms with Crippen LogP contribution in [0.15, 0.2) is 6.07 Å². The van der Waals surface area contributed by atoms with Crippen LogP contribution in [0.1, 0.15) is 58.3 Å². The van der Waals surface area contributed by atoms with E-state index in [1.807, 2.05) is 0 Å². The minimum absolute atomic E-state index is 0.524. The molecule has 1 aliphatic rings. The van der Waals surface area contributed by atoms with Crippen LogP contribution >= 0.6 is 0 Å². The molecule has 1 heterocycles. The highest BCUT2D eigenvalue weighted by Crippen LogP contribution is 2.38. The van der Waals surface area contributed by atoms with Crippen molar-refractivity contribution in [1.29, 1.82) is 0 Å². The second kappa shape index (κ2) is 5.66. The lowest BCUT2D eigenvalue weighted by Crippen LogP contribution is -2.40. The van der Waals surface area contributed by atoms with E-state index in [0.717, 1.165) is 50.3 Å². The van der Waals surface area contributed by atoms with E-state index in [2.05, 4.69) is 43.5 Å². The third kappa shape index (κ3) is 3.19. The summed E-state index contributed by atoms with van der Waals surface area (Å²) in [6, 6.07) is 2.17. The van der Waals surface area contributed by atoms with Crippen LogP contribution in [0.2, 0.25) is 0 Å². The lowest BCUT2D eigenvalue weighted by Gasteiger charge is -2.39. The van der Waals surface area contributed by atoms with Gasteiger partial charge in [-0.25, -0.2) is 0 Å². The van der Waals surface area contributed by atoms with Gasteiger partial charge in [0, 0.05) is 18.7 Å². The van der Waals surface area contributed by atoms with Crippen LogP contribution in [0, 0.1) is 11.8 Å². The molecule has 1 aromatic rings. The van der Waals surface area contributed by atoms with Gasteiger partial charge in [0.05, 0.1) is 11.3 Å². The van der Waals surface area contributed by atoms with Crippen molar-refractivity contribution < 1.29 is 5.11 Å². The van der Waals surface area contributed by atoms with Crippen LogP contribution in [-0.4, -0.2) is 20.5 Å². The highest BCUT2D eigenvalue weighted by atomic mass is 16.3. The summed E-state index contributed by atoms with van der Waals surface area (Å²) in [5, 5.41) is 15.5. The Bertz CT molecular complexity index is 426. The number of aliphatic hydroxyl groups is 1. The molecule has 3 nitrogen and oxygen atoms in total. The molecule has 3 atom stereocenters. The summed E-state index contributed by atoms with van der Waals surface area (Å²) in [7, 11) is 0. The number of rotatable bonds is 4. The highest BCUT2D eigenvalue weighted by Gasteiger charge is 2.36. The molecular weight excluding hydrogens is 236 g/mol. The van der Waals surface area contributed by atoms with Gasteiger partial charge in [-0.15, -0.1) is 0 Å². The van der Waals surface area contributed by atoms with Gasteiger partial charge in [0.25, 0.3) is 0 Å². The Balaban J connectivity index is 2.13. The van der Waals surface area contributed by atoms with E-state index >= 15 is 0 Å². The Morgan fingerprint density at radius 1 is 1.37 bits per heavy atom. The van der Waals surface area contributed by atoms with Gasteiger partial charge in [-0.3, -0.25) is 4.68 Å². The van der Waals surface area contributed by atoms with E-state index in [1.54, 1.807) is 0 Å². The molecular formula is C16H28N2O. The lowest BCUT2D eigenvalue weighted by molar-refractivity contribution is -0.0293. The average molecular weight is 264 g/mol. The van der Waals surface area contributed by atoms with Gasteiger partial charge in [-0.05, 0) is 50.5 Å². The summed E-state index contributed by atoms with van der Waals surface area (Å²) >= 11 is 0. The van der Waals surface area contributed by atoms with E-state index < -0.39 is 5.60 Å². The van der Waals surface area contributed by atoms with E-state index in [0.29, 0.717) is 5.92 Å². The molecule has 1 aromatic heterocycles. The van der Waals surface area contributed by atoms with Crippen molar-refractivity contribution in [2.45, 2.75) is 71.9 Å². The van der Waals surface area contributed by atoms with Gasteiger partial charge < -0.3 is 5.11 Å².